The van der Waals surface area contributed by atoms with Crippen LogP contribution in [-0.2, 0) is 29.0 Å². The van der Waals surface area contributed by atoms with Gasteiger partial charge >= 0.3 is 6.03 Å². The highest BCUT2D eigenvalue weighted by Crippen LogP contribution is 2.41. The number of nitrogens with two attached hydrogens (primary N) is 1. The van der Waals surface area contributed by atoms with Gasteiger partial charge in [-0.3, -0.25) is 19.2 Å². The van der Waals surface area contributed by atoms with Crippen LogP contribution in [-0.4, -0.2) is 83.6 Å². The standard InChI is InChI=1S/C37H63N5O7S/c1-10-11-18-27(28(43)30(38)44)39-31(45)26(2)42(24-17-21-36(9)19-15-16-20-36)32(46)29(34(3,4)5)40-33(47)41-37(22-13-12-14-23-37)25-50(48,49)35(6,7)8/h1,26-27,29H,11-25H2,2-9H3,(H2,38,44)(H,39,45)(H2,40,41,47)/t26?,27?,29-/m1/s1. The van der Waals surface area contributed by atoms with Crippen molar-refractivity contribution in [1.29, 1.82) is 0 Å². The number of hydrogen-bond acceptors (Lipinski definition) is 7. The van der Waals surface area contributed by atoms with Gasteiger partial charge in [0, 0.05) is 13.0 Å². The van der Waals surface area contributed by atoms with E-state index in [0.29, 0.717) is 19.3 Å². The molecule has 0 aromatic rings. The van der Waals surface area contributed by atoms with Gasteiger partial charge in [-0.15, -0.1) is 12.3 Å². The van der Waals surface area contributed by atoms with E-state index in [2.05, 4.69) is 28.8 Å². The smallest absolute Gasteiger partial charge is 0.315 e. The zero-order chi connectivity index (χ0) is 38.1. The minimum atomic E-state index is -3.58. The Labute approximate surface area is 300 Å². The number of nitrogens with one attached hydrogen (secondary N) is 3. The summed E-state index contributed by atoms with van der Waals surface area (Å²) in [6.45, 7) is 14.4. The fraction of sp³-hybridized carbons (Fsp3) is 0.811. The molecule has 0 radical (unpaired) electrons. The number of sulfone groups is 1. The number of carbonyl (C=O) groups excluding carboxylic acids is 5. The quantitative estimate of drug-likeness (QED) is 0.136. The van der Waals surface area contributed by atoms with Gasteiger partial charge in [0.25, 0.3) is 5.91 Å². The Balaban J connectivity index is 2.41. The molecule has 5 amide bonds. The number of urea groups is 1. The average molecular weight is 722 g/mol. The van der Waals surface area contributed by atoms with Gasteiger partial charge in [-0.05, 0) is 83.5 Å². The third kappa shape index (κ3) is 12.0. The molecule has 284 valence electrons. The van der Waals surface area contributed by atoms with E-state index in [1.165, 1.54) is 4.90 Å². The van der Waals surface area contributed by atoms with Crippen LogP contribution >= 0.6 is 0 Å². The summed E-state index contributed by atoms with van der Waals surface area (Å²) in [6, 6.07) is -4.07. The summed E-state index contributed by atoms with van der Waals surface area (Å²) in [4.78, 5) is 67.7. The summed E-state index contributed by atoms with van der Waals surface area (Å²) in [7, 11) is -3.58. The van der Waals surface area contributed by atoms with Crippen LogP contribution < -0.4 is 21.7 Å². The molecule has 0 saturated heterocycles. The Morgan fingerprint density at radius 1 is 0.920 bits per heavy atom. The summed E-state index contributed by atoms with van der Waals surface area (Å²) in [6.07, 6.45) is 14.9. The van der Waals surface area contributed by atoms with E-state index in [0.717, 1.165) is 51.4 Å². The lowest BCUT2D eigenvalue weighted by Gasteiger charge is -2.41. The first kappa shape index (κ1) is 43.0. The van der Waals surface area contributed by atoms with Crippen LogP contribution in [0, 0.1) is 23.2 Å². The molecular weight excluding hydrogens is 659 g/mol. The maximum Gasteiger partial charge on any atom is 0.315 e. The lowest BCUT2D eigenvalue weighted by molar-refractivity contribution is -0.144. The number of nitrogens with zero attached hydrogens (tertiary/aromatic N) is 1. The van der Waals surface area contributed by atoms with E-state index in [1.54, 1.807) is 48.5 Å². The molecule has 2 aliphatic rings. The summed E-state index contributed by atoms with van der Waals surface area (Å²) >= 11 is 0. The van der Waals surface area contributed by atoms with E-state index in [-0.39, 0.29) is 30.6 Å². The zero-order valence-electron chi connectivity index (χ0n) is 31.7. The van der Waals surface area contributed by atoms with E-state index < -0.39 is 73.2 Å². The number of hydrogen-bond donors (Lipinski definition) is 4. The number of terminal acetylenes is 1. The number of carbonyl (C=O) groups is 5. The van der Waals surface area contributed by atoms with Crippen LogP contribution in [0.3, 0.4) is 0 Å². The Bertz CT molecular complexity index is 1380. The summed E-state index contributed by atoms with van der Waals surface area (Å²) in [5.41, 5.74) is 3.58. The Hall–Kier alpha value is -3.14. The van der Waals surface area contributed by atoms with Gasteiger partial charge in [0.2, 0.25) is 17.6 Å². The lowest BCUT2D eigenvalue weighted by atomic mass is 9.83. The van der Waals surface area contributed by atoms with Crippen LogP contribution in [0.15, 0.2) is 0 Å². The van der Waals surface area contributed by atoms with Gasteiger partial charge in [-0.2, -0.15) is 0 Å². The number of ketones is 1. The summed E-state index contributed by atoms with van der Waals surface area (Å²) in [5, 5.41) is 8.43. The molecule has 0 heterocycles. The van der Waals surface area contributed by atoms with Crippen molar-refractivity contribution in [2.75, 3.05) is 12.3 Å². The number of rotatable bonds is 16. The predicted molar refractivity (Wildman–Crippen MR) is 195 cm³/mol. The zero-order valence-corrected chi connectivity index (χ0v) is 32.5. The van der Waals surface area contributed by atoms with E-state index >= 15 is 0 Å². The maximum atomic E-state index is 14.6. The normalized spacial score (nSPS) is 19.3. The molecule has 0 bridgehead atoms. The number of amides is 5. The molecule has 2 unspecified atom stereocenters. The SMILES string of the molecule is C#CCCC(NC(=O)C(C)N(CCCC1(C)CCCC1)C(=O)[C@@H](NC(=O)NC1(CS(=O)(=O)C(C)(C)C)CCCCC1)C(C)(C)C)C(=O)C(N)=O. The molecule has 50 heavy (non-hydrogen) atoms. The van der Waals surface area contributed by atoms with Crippen molar-refractivity contribution in [3.05, 3.63) is 0 Å². The molecule has 2 rings (SSSR count). The highest BCUT2D eigenvalue weighted by Gasteiger charge is 2.44. The van der Waals surface area contributed by atoms with Crippen LogP contribution in [0.4, 0.5) is 4.79 Å². The van der Waals surface area contributed by atoms with Crippen molar-refractivity contribution in [1.82, 2.24) is 20.9 Å². The van der Waals surface area contributed by atoms with Gasteiger partial charge in [0.15, 0.2) is 9.84 Å². The molecule has 2 aliphatic carbocycles. The lowest BCUT2D eigenvalue weighted by Crippen LogP contribution is -2.64. The highest BCUT2D eigenvalue weighted by atomic mass is 32.2. The van der Waals surface area contributed by atoms with Crippen LogP contribution in [0.5, 0.6) is 0 Å². The van der Waals surface area contributed by atoms with Gasteiger partial charge in [-0.1, -0.05) is 59.8 Å². The van der Waals surface area contributed by atoms with Gasteiger partial charge in [0.05, 0.1) is 22.1 Å². The second kappa shape index (κ2) is 17.4. The topological polar surface area (TPSA) is 185 Å². The van der Waals surface area contributed by atoms with E-state index in [9.17, 15) is 32.4 Å². The molecule has 0 aliphatic heterocycles. The van der Waals surface area contributed by atoms with Gasteiger partial charge in [-0.25, -0.2) is 13.2 Å². The Morgan fingerprint density at radius 2 is 1.48 bits per heavy atom. The fourth-order valence-electron chi connectivity index (χ4n) is 7.09. The van der Waals surface area contributed by atoms with E-state index in [4.69, 9.17) is 12.2 Å². The van der Waals surface area contributed by atoms with Gasteiger partial charge < -0.3 is 26.6 Å². The molecule has 13 heteroatoms. The highest BCUT2D eigenvalue weighted by molar-refractivity contribution is 7.92. The summed E-state index contributed by atoms with van der Waals surface area (Å²) < 4.78 is 25.7. The van der Waals surface area contributed by atoms with E-state index in [1.807, 2.05) is 0 Å². The van der Waals surface area contributed by atoms with Crippen LogP contribution in [0.25, 0.3) is 0 Å². The maximum absolute atomic E-state index is 14.6. The third-order valence-corrected chi connectivity index (χ3v) is 13.3. The van der Waals surface area contributed by atoms with Crippen molar-refractivity contribution >= 4 is 39.4 Å². The second-order valence-electron chi connectivity index (χ2n) is 17.0. The Kier molecular flexibility index (Phi) is 15.0. The number of Topliss-reactive ketones (excluding diaryl/α,β-unsaturated/α-hetero) is 1. The minimum Gasteiger partial charge on any atom is -0.363 e. The first-order valence-corrected chi connectivity index (χ1v) is 19.8. The molecule has 0 spiro atoms. The predicted octanol–water partition coefficient (Wildman–Crippen LogP) is 4.15. The molecule has 5 N–H and O–H groups in total. The molecule has 2 saturated carbocycles. The van der Waals surface area contributed by atoms with Crippen molar-refractivity contribution in [2.24, 2.45) is 16.6 Å². The van der Waals surface area contributed by atoms with Crippen molar-refractivity contribution in [3.63, 3.8) is 0 Å². The first-order valence-electron chi connectivity index (χ1n) is 18.2. The van der Waals surface area contributed by atoms with Crippen molar-refractivity contribution < 1.29 is 32.4 Å². The second-order valence-corrected chi connectivity index (χ2v) is 19.7. The summed E-state index contributed by atoms with van der Waals surface area (Å²) in [5.74, 6) is -1.15. The minimum absolute atomic E-state index is 0.00204. The fourth-order valence-corrected chi connectivity index (χ4v) is 8.61. The molecular formula is C37H63N5O7S. The molecule has 0 aromatic heterocycles. The Morgan fingerprint density at radius 3 is 1.98 bits per heavy atom. The van der Waals surface area contributed by atoms with Crippen LogP contribution in [0.1, 0.15) is 139 Å². The third-order valence-electron chi connectivity index (χ3n) is 10.6. The molecule has 12 nitrogen and oxygen atoms in total. The van der Waals surface area contributed by atoms with Gasteiger partial charge in [0.1, 0.15) is 12.1 Å². The average Bonchev–Trinajstić information content (AvgIpc) is 3.44. The molecule has 3 atom stereocenters. The first-order chi connectivity index (χ1) is 23.0. The van der Waals surface area contributed by atoms with Crippen molar-refractivity contribution in [2.45, 2.75) is 167 Å². The number of primary amides is 1. The monoisotopic (exact) mass is 721 g/mol. The largest absolute Gasteiger partial charge is 0.363 e. The molecule has 0 aromatic carbocycles. The van der Waals surface area contributed by atoms with Crippen molar-refractivity contribution in [3.8, 4) is 12.3 Å². The molecule has 2 fully saturated rings. The van der Waals surface area contributed by atoms with Crippen LogP contribution in [0.2, 0.25) is 0 Å².